The van der Waals surface area contributed by atoms with Gasteiger partial charge in [-0.3, -0.25) is 4.68 Å². The van der Waals surface area contributed by atoms with E-state index < -0.39 is 0 Å². The molecule has 0 aromatic carbocycles. The molecule has 3 nitrogen and oxygen atoms in total. The smallest absolute Gasteiger partial charge is 0.0762 e. The minimum Gasteiger partial charge on any atom is -0.311 e. The highest BCUT2D eigenvalue weighted by Gasteiger charge is 1.94. The van der Waals surface area contributed by atoms with Crippen LogP contribution in [0.15, 0.2) is 12.3 Å². The van der Waals surface area contributed by atoms with Crippen LogP contribution in [0.25, 0.3) is 0 Å². The van der Waals surface area contributed by atoms with Crippen molar-refractivity contribution in [3.05, 3.63) is 18.0 Å². The molecule has 0 aliphatic rings. The quantitative estimate of drug-likeness (QED) is 0.740. The van der Waals surface area contributed by atoms with Gasteiger partial charge in [-0.15, -0.1) is 12.4 Å². The number of hydrogen-bond acceptors (Lipinski definition) is 2. The summed E-state index contributed by atoms with van der Waals surface area (Å²) in [7, 11) is 1.95. The molecule has 82 valence electrons. The molecule has 0 saturated carbocycles. The monoisotopic (exact) mass is 217 g/mol. The first-order chi connectivity index (χ1) is 6.33. The van der Waals surface area contributed by atoms with E-state index in [0.29, 0.717) is 0 Å². The molecule has 0 bridgehead atoms. The summed E-state index contributed by atoms with van der Waals surface area (Å²) in [6, 6.07) is 2.05. The molecule has 14 heavy (non-hydrogen) atoms. The summed E-state index contributed by atoms with van der Waals surface area (Å²) in [4.78, 5) is 0. The van der Waals surface area contributed by atoms with Gasteiger partial charge in [0.05, 0.1) is 5.69 Å². The number of aromatic nitrogens is 2. The van der Waals surface area contributed by atoms with Crippen molar-refractivity contribution in [2.45, 2.75) is 32.7 Å². The molecule has 0 aliphatic heterocycles. The Labute approximate surface area is 92.3 Å². The fourth-order valence-electron chi connectivity index (χ4n) is 1.27. The molecule has 1 heterocycles. The molecule has 0 unspecified atom stereocenters. The molecule has 0 fully saturated rings. The van der Waals surface area contributed by atoms with Crippen molar-refractivity contribution in [3.8, 4) is 0 Å². The van der Waals surface area contributed by atoms with Gasteiger partial charge >= 0.3 is 0 Å². The zero-order valence-electron chi connectivity index (χ0n) is 8.99. The lowest BCUT2D eigenvalue weighted by Gasteiger charge is -2.00. The summed E-state index contributed by atoms with van der Waals surface area (Å²) in [6.45, 7) is 4.22. The number of nitrogens with zero attached hydrogens (tertiary/aromatic N) is 2. The van der Waals surface area contributed by atoms with Crippen LogP contribution in [0.2, 0.25) is 0 Å². The second-order valence-electron chi connectivity index (χ2n) is 3.36. The van der Waals surface area contributed by atoms with E-state index in [2.05, 4.69) is 17.3 Å². The second kappa shape index (κ2) is 7.83. The average Bonchev–Trinajstić information content (AvgIpc) is 2.51. The fourth-order valence-corrected chi connectivity index (χ4v) is 1.27. The molecule has 1 aromatic heterocycles. The Morgan fingerprint density at radius 3 is 2.79 bits per heavy atom. The first kappa shape index (κ1) is 13.5. The highest BCUT2D eigenvalue weighted by Crippen LogP contribution is 1.94. The van der Waals surface area contributed by atoms with Gasteiger partial charge in [0.25, 0.3) is 0 Å². The van der Waals surface area contributed by atoms with Crippen molar-refractivity contribution in [2.75, 3.05) is 6.54 Å². The van der Waals surface area contributed by atoms with Crippen LogP contribution >= 0.6 is 12.4 Å². The van der Waals surface area contributed by atoms with Crippen LogP contribution in [0.3, 0.4) is 0 Å². The molecule has 1 rings (SSSR count). The topological polar surface area (TPSA) is 29.9 Å². The van der Waals surface area contributed by atoms with Crippen molar-refractivity contribution in [1.82, 2.24) is 15.1 Å². The Morgan fingerprint density at radius 1 is 1.43 bits per heavy atom. The number of halogens is 1. The Morgan fingerprint density at radius 2 is 2.21 bits per heavy atom. The van der Waals surface area contributed by atoms with Gasteiger partial charge in [0.2, 0.25) is 0 Å². The van der Waals surface area contributed by atoms with Crippen molar-refractivity contribution in [1.29, 1.82) is 0 Å². The number of rotatable bonds is 6. The molecule has 0 amide bonds. The normalized spacial score (nSPS) is 9.86. The summed E-state index contributed by atoms with van der Waals surface area (Å²) in [6.07, 6.45) is 5.84. The maximum absolute atomic E-state index is 4.28. The maximum atomic E-state index is 4.28. The van der Waals surface area contributed by atoms with Crippen molar-refractivity contribution in [2.24, 2.45) is 7.05 Å². The predicted octanol–water partition coefficient (Wildman–Crippen LogP) is 2.12. The van der Waals surface area contributed by atoms with Gasteiger partial charge in [0, 0.05) is 19.8 Å². The molecular formula is C10H20ClN3. The van der Waals surface area contributed by atoms with E-state index in [1.54, 1.807) is 0 Å². The van der Waals surface area contributed by atoms with E-state index >= 15 is 0 Å². The zero-order chi connectivity index (χ0) is 9.52. The van der Waals surface area contributed by atoms with Gasteiger partial charge in [0.1, 0.15) is 0 Å². The summed E-state index contributed by atoms with van der Waals surface area (Å²) in [5.74, 6) is 0. The SMILES string of the molecule is CCCCCNCc1ccn(C)n1.Cl. The van der Waals surface area contributed by atoms with Crippen molar-refractivity contribution >= 4 is 12.4 Å². The Hall–Kier alpha value is -0.540. The number of aryl methyl sites for hydroxylation is 1. The van der Waals surface area contributed by atoms with Crippen LogP contribution < -0.4 is 5.32 Å². The third-order valence-electron chi connectivity index (χ3n) is 2.03. The lowest BCUT2D eigenvalue weighted by atomic mass is 10.2. The lowest BCUT2D eigenvalue weighted by Crippen LogP contribution is -2.15. The van der Waals surface area contributed by atoms with Gasteiger partial charge in [-0.05, 0) is 19.0 Å². The van der Waals surface area contributed by atoms with Gasteiger partial charge in [-0.2, -0.15) is 5.10 Å². The summed E-state index contributed by atoms with van der Waals surface area (Å²) < 4.78 is 1.84. The minimum atomic E-state index is 0. The van der Waals surface area contributed by atoms with E-state index in [9.17, 15) is 0 Å². The summed E-state index contributed by atoms with van der Waals surface area (Å²) >= 11 is 0. The largest absolute Gasteiger partial charge is 0.311 e. The Kier molecular flexibility index (Phi) is 7.52. The van der Waals surface area contributed by atoms with E-state index in [1.807, 2.05) is 24.0 Å². The van der Waals surface area contributed by atoms with Gasteiger partial charge in [-0.1, -0.05) is 19.8 Å². The highest BCUT2D eigenvalue weighted by atomic mass is 35.5. The fraction of sp³-hybridized carbons (Fsp3) is 0.700. The Bertz CT molecular complexity index is 235. The third-order valence-corrected chi connectivity index (χ3v) is 2.03. The lowest BCUT2D eigenvalue weighted by molar-refractivity contribution is 0.603. The van der Waals surface area contributed by atoms with Crippen LogP contribution in [0.4, 0.5) is 0 Å². The molecule has 4 heteroatoms. The van der Waals surface area contributed by atoms with E-state index in [4.69, 9.17) is 0 Å². The molecule has 1 aromatic rings. The Balaban J connectivity index is 0.00000169. The molecule has 0 atom stereocenters. The van der Waals surface area contributed by atoms with E-state index in [-0.39, 0.29) is 12.4 Å². The molecule has 0 spiro atoms. The first-order valence-electron chi connectivity index (χ1n) is 5.02. The van der Waals surface area contributed by atoms with Crippen molar-refractivity contribution in [3.63, 3.8) is 0 Å². The predicted molar refractivity (Wildman–Crippen MR) is 61.7 cm³/mol. The average molecular weight is 218 g/mol. The van der Waals surface area contributed by atoms with Crippen molar-refractivity contribution < 1.29 is 0 Å². The first-order valence-corrected chi connectivity index (χ1v) is 5.02. The van der Waals surface area contributed by atoms with E-state index in [1.165, 1.54) is 19.3 Å². The standard InChI is InChI=1S/C10H19N3.ClH/c1-3-4-5-7-11-9-10-6-8-13(2)12-10;/h6,8,11H,3-5,7,9H2,1-2H3;1H. The molecule has 0 aliphatic carbocycles. The van der Waals surface area contributed by atoms with Crippen LogP contribution in [0.5, 0.6) is 0 Å². The van der Waals surface area contributed by atoms with E-state index in [0.717, 1.165) is 18.8 Å². The van der Waals surface area contributed by atoms with Crippen LogP contribution in [0.1, 0.15) is 31.9 Å². The van der Waals surface area contributed by atoms with Crippen LogP contribution in [-0.4, -0.2) is 16.3 Å². The number of nitrogens with one attached hydrogen (secondary N) is 1. The van der Waals surface area contributed by atoms with Gasteiger partial charge < -0.3 is 5.32 Å². The minimum absolute atomic E-state index is 0. The highest BCUT2D eigenvalue weighted by molar-refractivity contribution is 5.85. The molecule has 0 saturated heterocycles. The second-order valence-corrected chi connectivity index (χ2v) is 3.36. The molecule has 1 N–H and O–H groups in total. The molecule has 0 radical (unpaired) electrons. The third kappa shape index (κ3) is 5.25. The van der Waals surface area contributed by atoms with Gasteiger partial charge in [0.15, 0.2) is 0 Å². The molecular weight excluding hydrogens is 198 g/mol. The zero-order valence-corrected chi connectivity index (χ0v) is 9.81. The summed E-state index contributed by atoms with van der Waals surface area (Å²) in [5.41, 5.74) is 1.12. The number of hydrogen-bond donors (Lipinski definition) is 1. The van der Waals surface area contributed by atoms with Crippen LogP contribution in [-0.2, 0) is 13.6 Å². The van der Waals surface area contributed by atoms with Gasteiger partial charge in [-0.25, -0.2) is 0 Å². The summed E-state index contributed by atoms with van der Waals surface area (Å²) in [5, 5.41) is 7.66. The van der Waals surface area contributed by atoms with Crippen LogP contribution in [0, 0.1) is 0 Å². The number of unbranched alkanes of at least 4 members (excludes halogenated alkanes) is 2. The maximum Gasteiger partial charge on any atom is 0.0762 e.